The maximum Gasteiger partial charge on any atom is 0.332 e. The molecule has 2 heterocycles. The summed E-state index contributed by atoms with van der Waals surface area (Å²) >= 11 is 0. The summed E-state index contributed by atoms with van der Waals surface area (Å²) < 4.78 is 2.34. The van der Waals surface area contributed by atoms with Gasteiger partial charge in [0.25, 0.3) is 11.5 Å². The number of hydrogen-bond donors (Lipinski definition) is 1. The third-order valence-corrected chi connectivity index (χ3v) is 5.39. The summed E-state index contributed by atoms with van der Waals surface area (Å²) in [5.74, 6) is -0.316. The Morgan fingerprint density at radius 1 is 1.00 bits per heavy atom. The largest absolute Gasteiger partial charge is 0.332 e. The highest BCUT2D eigenvalue weighted by Gasteiger charge is 2.21. The number of anilines is 1. The highest BCUT2D eigenvalue weighted by Crippen LogP contribution is 2.29. The third kappa shape index (κ3) is 2.99. The van der Waals surface area contributed by atoms with Crippen LogP contribution in [0.25, 0.3) is 21.8 Å². The Hall–Kier alpha value is -3.74. The average Bonchev–Trinajstić information content (AvgIpc) is 2.75. The predicted octanol–water partition coefficient (Wildman–Crippen LogP) is 3.16. The van der Waals surface area contributed by atoms with Crippen LogP contribution < -0.4 is 16.6 Å². The normalized spacial score (nSPS) is 11.4. The number of nitrogens with one attached hydrogen (secondary N) is 1. The van der Waals surface area contributed by atoms with E-state index in [4.69, 9.17) is 0 Å². The first-order chi connectivity index (χ1) is 14.3. The summed E-state index contributed by atoms with van der Waals surface area (Å²) in [7, 11) is 2.98. The van der Waals surface area contributed by atoms with Crippen LogP contribution in [0.1, 0.15) is 35.7 Å². The highest BCUT2D eigenvalue weighted by molar-refractivity contribution is 6.15. The van der Waals surface area contributed by atoms with Crippen LogP contribution in [0, 0.1) is 0 Å². The molecule has 4 rings (SSSR count). The average molecular weight is 402 g/mol. The van der Waals surface area contributed by atoms with Crippen LogP contribution in [-0.4, -0.2) is 20.0 Å². The second kappa shape index (κ2) is 7.26. The number of aromatic nitrogens is 3. The summed E-state index contributed by atoms with van der Waals surface area (Å²) in [5.41, 5.74) is 0.908. The van der Waals surface area contributed by atoms with E-state index in [2.05, 4.69) is 10.3 Å². The summed E-state index contributed by atoms with van der Waals surface area (Å²) in [5, 5.41) is 4.94. The quantitative estimate of drug-likeness (QED) is 0.570. The first kappa shape index (κ1) is 19.6. The van der Waals surface area contributed by atoms with Crippen molar-refractivity contribution in [1.29, 1.82) is 0 Å². The number of nitrogens with zero attached hydrogens (tertiary/aromatic N) is 3. The van der Waals surface area contributed by atoms with Crippen LogP contribution in [-0.2, 0) is 14.1 Å². The molecule has 0 saturated carbocycles. The lowest BCUT2D eigenvalue weighted by atomic mass is 10.00. The second-order valence-corrected chi connectivity index (χ2v) is 7.63. The Morgan fingerprint density at radius 3 is 2.43 bits per heavy atom. The molecule has 0 spiro atoms. The first-order valence-corrected chi connectivity index (χ1v) is 9.69. The molecule has 0 aliphatic heterocycles. The number of pyridine rings is 1. The Bertz CT molecular complexity index is 1430. The summed E-state index contributed by atoms with van der Waals surface area (Å²) in [6.07, 6.45) is 1.62. The standard InChI is InChI=1S/C23H22N4O3/c1-13(2)17-12-24-20-18(22(29)27(4)23(30)26(20)3)19(17)25-21(28)16-11-7-9-14-8-5-6-10-15(14)16/h5-13H,1-4H3,(H,24,25,28). The molecule has 2 aromatic carbocycles. The zero-order valence-electron chi connectivity index (χ0n) is 17.3. The molecule has 0 unspecified atom stereocenters. The summed E-state index contributed by atoms with van der Waals surface area (Å²) in [6, 6.07) is 13.2. The monoisotopic (exact) mass is 402 g/mol. The fourth-order valence-electron chi connectivity index (χ4n) is 3.72. The highest BCUT2D eigenvalue weighted by atomic mass is 16.2. The molecule has 0 atom stereocenters. The number of carbonyl (C=O) groups is 1. The van der Waals surface area contributed by atoms with Crippen molar-refractivity contribution in [2.24, 2.45) is 14.1 Å². The van der Waals surface area contributed by atoms with Gasteiger partial charge in [0.05, 0.1) is 5.69 Å². The smallest absolute Gasteiger partial charge is 0.321 e. The number of amides is 1. The van der Waals surface area contributed by atoms with Crippen molar-refractivity contribution in [3.8, 4) is 0 Å². The van der Waals surface area contributed by atoms with Gasteiger partial charge in [0.2, 0.25) is 0 Å². The van der Waals surface area contributed by atoms with Crippen molar-refractivity contribution >= 4 is 33.4 Å². The van der Waals surface area contributed by atoms with Gasteiger partial charge >= 0.3 is 5.69 Å². The van der Waals surface area contributed by atoms with Crippen molar-refractivity contribution < 1.29 is 4.79 Å². The molecule has 2 aromatic heterocycles. The van der Waals surface area contributed by atoms with Gasteiger partial charge in [-0.05, 0) is 28.3 Å². The van der Waals surface area contributed by atoms with Crippen molar-refractivity contribution in [3.05, 3.63) is 80.6 Å². The van der Waals surface area contributed by atoms with Crippen LogP contribution in [0.5, 0.6) is 0 Å². The predicted molar refractivity (Wildman–Crippen MR) is 118 cm³/mol. The van der Waals surface area contributed by atoms with Gasteiger partial charge in [-0.25, -0.2) is 9.78 Å². The SMILES string of the molecule is CC(C)c1cnc2c(c1NC(=O)c1cccc3ccccc13)c(=O)n(C)c(=O)n2C. The van der Waals surface area contributed by atoms with Crippen LogP contribution in [0.4, 0.5) is 5.69 Å². The van der Waals surface area contributed by atoms with E-state index in [1.54, 1.807) is 19.3 Å². The molecule has 4 aromatic rings. The zero-order chi connectivity index (χ0) is 21.6. The van der Waals surface area contributed by atoms with E-state index >= 15 is 0 Å². The minimum Gasteiger partial charge on any atom is -0.321 e. The van der Waals surface area contributed by atoms with E-state index in [0.29, 0.717) is 11.3 Å². The van der Waals surface area contributed by atoms with E-state index in [9.17, 15) is 14.4 Å². The molecular weight excluding hydrogens is 380 g/mol. The number of hydrogen-bond acceptors (Lipinski definition) is 4. The van der Waals surface area contributed by atoms with E-state index in [1.165, 1.54) is 11.6 Å². The maximum absolute atomic E-state index is 13.3. The van der Waals surface area contributed by atoms with Crippen molar-refractivity contribution in [2.45, 2.75) is 19.8 Å². The molecule has 1 amide bonds. The van der Waals surface area contributed by atoms with E-state index in [-0.39, 0.29) is 22.9 Å². The molecule has 0 fully saturated rings. The van der Waals surface area contributed by atoms with Crippen LogP contribution in [0.3, 0.4) is 0 Å². The fraction of sp³-hybridized carbons (Fsp3) is 0.217. The third-order valence-electron chi connectivity index (χ3n) is 5.39. The van der Waals surface area contributed by atoms with Crippen molar-refractivity contribution in [1.82, 2.24) is 14.1 Å². The molecule has 0 aliphatic carbocycles. The lowest BCUT2D eigenvalue weighted by Gasteiger charge is -2.18. The Labute approximate surface area is 172 Å². The lowest BCUT2D eigenvalue weighted by Crippen LogP contribution is -2.38. The van der Waals surface area contributed by atoms with Gasteiger partial charge in [0.1, 0.15) is 5.39 Å². The zero-order valence-corrected chi connectivity index (χ0v) is 17.3. The maximum atomic E-state index is 13.3. The van der Waals surface area contributed by atoms with Gasteiger partial charge < -0.3 is 5.32 Å². The Balaban J connectivity index is 1.98. The van der Waals surface area contributed by atoms with Crippen LogP contribution in [0.15, 0.2) is 58.3 Å². The molecule has 0 saturated heterocycles. The number of aryl methyl sites for hydroxylation is 1. The molecule has 0 aliphatic rings. The van der Waals surface area contributed by atoms with Gasteiger partial charge in [0, 0.05) is 25.9 Å². The van der Waals surface area contributed by atoms with Gasteiger partial charge in [-0.1, -0.05) is 50.2 Å². The first-order valence-electron chi connectivity index (χ1n) is 9.69. The number of fused-ring (bicyclic) bond motifs is 2. The Kier molecular flexibility index (Phi) is 4.73. The minimum atomic E-state index is -0.490. The van der Waals surface area contributed by atoms with Gasteiger partial charge in [-0.15, -0.1) is 0 Å². The van der Waals surface area contributed by atoms with Gasteiger partial charge in [-0.2, -0.15) is 0 Å². The fourth-order valence-corrected chi connectivity index (χ4v) is 3.72. The molecule has 152 valence electrons. The van der Waals surface area contributed by atoms with Gasteiger partial charge in [-0.3, -0.25) is 18.7 Å². The Morgan fingerprint density at radius 2 is 1.70 bits per heavy atom. The second-order valence-electron chi connectivity index (χ2n) is 7.63. The van der Waals surface area contributed by atoms with Crippen LogP contribution in [0.2, 0.25) is 0 Å². The van der Waals surface area contributed by atoms with Crippen molar-refractivity contribution in [3.63, 3.8) is 0 Å². The lowest BCUT2D eigenvalue weighted by molar-refractivity contribution is 0.102. The van der Waals surface area contributed by atoms with Crippen molar-refractivity contribution in [2.75, 3.05) is 5.32 Å². The molecule has 0 bridgehead atoms. The molecule has 30 heavy (non-hydrogen) atoms. The van der Waals surface area contributed by atoms with E-state index in [0.717, 1.165) is 20.9 Å². The molecule has 7 heteroatoms. The number of benzene rings is 2. The summed E-state index contributed by atoms with van der Waals surface area (Å²) in [4.78, 5) is 42.9. The number of rotatable bonds is 3. The molecule has 0 radical (unpaired) electrons. The topological polar surface area (TPSA) is 86.0 Å². The van der Waals surface area contributed by atoms with E-state index in [1.807, 2.05) is 50.2 Å². The minimum absolute atomic E-state index is 0.00616. The van der Waals surface area contributed by atoms with Crippen LogP contribution >= 0.6 is 0 Å². The van der Waals surface area contributed by atoms with Gasteiger partial charge in [0.15, 0.2) is 5.65 Å². The molecular formula is C23H22N4O3. The van der Waals surface area contributed by atoms with E-state index < -0.39 is 11.2 Å². The number of carbonyl (C=O) groups excluding carboxylic acids is 1. The molecule has 7 nitrogen and oxygen atoms in total. The summed E-state index contributed by atoms with van der Waals surface area (Å²) in [6.45, 7) is 3.92. The molecule has 1 N–H and O–H groups in total.